The van der Waals surface area contributed by atoms with E-state index < -0.39 is 0 Å². The molecule has 0 aliphatic carbocycles. The van der Waals surface area contributed by atoms with Gasteiger partial charge < -0.3 is 4.74 Å². The van der Waals surface area contributed by atoms with Crippen molar-refractivity contribution in [2.45, 2.75) is 19.8 Å². The second-order valence-corrected chi connectivity index (χ2v) is 8.51. The van der Waals surface area contributed by atoms with Crippen molar-refractivity contribution in [2.24, 2.45) is 5.10 Å². The number of nitrogens with one attached hydrogen (secondary N) is 1. The number of rotatable bonds is 6. The average Bonchev–Trinajstić information content (AvgIpc) is 2.77. The smallest absolute Gasteiger partial charge is 0.277 e. The number of carbonyl (C=O) groups excluding carboxylic acids is 1. The zero-order valence-corrected chi connectivity index (χ0v) is 19.0. The first-order valence-electron chi connectivity index (χ1n) is 10.2. The lowest BCUT2D eigenvalue weighted by Crippen LogP contribution is -2.24. The number of hydrazone groups is 1. The second kappa shape index (κ2) is 9.31. The first-order valence-corrected chi connectivity index (χ1v) is 11.0. The molecule has 1 N–H and O–H groups in total. The summed E-state index contributed by atoms with van der Waals surface area (Å²) in [4.78, 5) is 12.3. The minimum atomic E-state index is -0.319. The Bertz CT molecular complexity index is 1230. The van der Waals surface area contributed by atoms with E-state index >= 15 is 0 Å². The third kappa shape index (κ3) is 4.78. The molecule has 0 radical (unpaired) electrons. The topological polar surface area (TPSA) is 50.7 Å². The van der Waals surface area contributed by atoms with Crippen LogP contribution in [0.5, 0.6) is 5.75 Å². The lowest BCUT2D eigenvalue weighted by molar-refractivity contribution is -0.123. The van der Waals surface area contributed by atoms with E-state index in [0.29, 0.717) is 11.7 Å². The molecule has 156 valence electrons. The Morgan fingerprint density at radius 2 is 1.65 bits per heavy atom. The molecule has 4 aromatic carbocycles. The van der Waals surface area contributed by atoms with Crippen LogP contribution in [0.1, 0.15) is 30.9 Å². The predicted molar refractivity (Wildman–Crippen MR) is 131 cm³/mol. The zero-order valence-electron chi connectivity index (χ0n) is 17.4. The number of hydrogen-bond acceptors (Lipinski definition) is 3. The largest absolute Gasteiger partial charge is 0.483 e. The van der Waals surface area contributed by atoms with Crippen molar-refractivity contribution >= 4 is 49.6 Å². The van der Waals surface area contributed by atoms with Crippen molar-refractivity contribution in [3.05, 3.63) is 88.4 Å². The highest BCUT2D eigenvalue weighted by Gasteiger charge is 2.09. The number of ether oxygens (including phenoxy) is 1. The van der Waals surface area contributed by atoms with Gasteiger partial charge in [0.25, 0.3) is 5.91 Å². The monoisotopic (exact) mass is 474 g/mol. The Morgan fingerprint density at radius 1 is 1.00 bits per heavy atom. The molecule has 4 nitrogen and oxygen atoms in total. The van der Waals surface area contributed by atoms with Crippen LogP contribution in [-0.2, 0) is 4.79 Å². The summed E-state index contributed by atoms with van der Waals surface area (Å²) < 4.78 is 6.47. The third-order valence-electron chi connectivity index (χ3n) is 5.18. The van der Waals surface area contributed by atoms with Crippen LogP contribution >= 0.6 is 15.9 Å². The molecule has 0 aromatic heterocycles. The predicted octanol–water partition coefficient (Wildman–Crippen LogP) is 6.41. The van der Waals surface area contributed by atoms with Gasteiger partial charge in [-0.25, -0.2) is 5.43 Å². The van der Waals surface area contributed by atoms with E-state index in [-0.39, 0.29) is 12.5 Å². The Labute approximate surface area is 190 Å². The highest BCUT2D eigenvalue weighted by atomic mass is 79.9. The number of hydrogen-bond donors (Lipinski definition) is 1. The van der Waals surface area contributed by atoms with Gasteiger partial charge in [-0.2, -0.15) is 5.10 Å². The van der Waals surface area contributed by atoms with Crippen LogP contribution < -0.4 is 10.2 Å². The molecule has 1 amide bonds. The van der Waals surface area contributed by atoms with Gasteiger partial charge in [-0.15, -0.1) is 0 Å². The Morgan fingerprint density at radius 3 is 2.26 bits per heavy atom. The minimum Gasteiger partial charge on any atom is -0.483 e. The quantitative estimate of drug-likeness (QED) is 0.199. The Balaban J connectivity index is 1.47. The molecule has 5 heteroatoms. The molecule has 0 bridgehead atoms. The van der Waals surface area contributed by atoms with Crippen molar-refractivity contribution in [3.8, 4) is 5.75 Å². The highest BCUT2D eigenvalue weighted by molar-refractivity contribution is 9.10. The molecule has 0 saturated heterocycles. The Kier molecular flexibility index (Phi) is 6.33. The fourth-order valence-corrected chi connectivity index (χ4v) is 4.04. The standard InChI is InChI=1S/C26H23BrN2O2/c1-17(2)18-11-12-25(24(27)14-18)31-16-26(30)29-28-15-23-21-9-5-3-7-19(21)13-20-8-4-6-10-22(20)23/h3-15,17H,16H2,1-2H3,(H,29,30). The van der Waals surface area contributed by atoms with E-state index in [9.17, 15) is 4.79 Å². The Hall–Kier alpha value is -3.18. The summed E-state index contributed by atoms with van der Waals surface area (Å²) in [6, 6.07) is 24.4. The van der Waals surface area contributed by atoms with Gasteiger partial charge in [0.15, 0.2) is 6.61 Å². The van der Waals surface area contributed by atoms with Crippen molar-refractivity contribution in [1.29, 1.82) is 0 Å². The molecule has 0 heterocycles. The van der Waals surface area contributed by atoms with Crippen LogP contribution in [-0.4, -0.2) is 18.7 Å². The van der Waals surface area contributed by atoms with E-state index in [1.807, 2.05) is 42.5 Å². The van der Waals surface area contributed by atoms with Crippen molar-refractivity contribution in [1.82, 2.24) is 5.43 Å². The highest BCUT2D eigenvalue weighted by Crippen LogP contribution is 2.29. The molecule has 4 rings (SSSR count). The first-order chi connectivity index (χ1) is 15.0. The van der Waals surface area contributed by atoms with Crippen LogP contribution in [0.4, 0.5) is 0 Å². The molecule has 31 heavy (non-hydrogen) atoms. The molecule has 0 atom stereocenters. The lowest BCUT2D eigenvalue weighted by Gasteiger charge is -2.11. The maximum Gasteiger partial charge on any atom is 0.277 e. The van der Waals surface area contributed by atoms with Gasteiger partial charge in [-0.1, -0.05) is 68.4 Å². The molecule has 0 aliphatic rings. The summed E-state index contributed by atoms with van der Waals surface area (Å²) in [6.07, 6.45) is 1.70. The fourth-order valence-electron chi connectivity index (χ4n) is 3.53. The summed E-state index contributed by atoms with van der Waals surface area (Å²) in [5.41, 5.74) is 4.75. The van der Waals surface area contributed by atoms with E-state index in [4.69, 9.17) is 4.74 Å². The molecular weight excluding hydrogens is 452 g/mol. The summed E-state index contributed by atoms with van der Waals surface area (Å²) in [7, 11) is 0. The van der Waals surface area contributed by atoms with E-state index in [2.05, 4.69) is 70.6 Å². The molecule has 0 aliphatic heterocycles. The normalized spacial score (nSPS) is 11.5. The number of fused-ring (bicyclic) bond motifs is 2. The summed E-state index contributed by atoms with van der Waals surface area (Å²) >= 11 is 3.51. The molecule has 4 aromatic rings. The van der Waals surface area contributed by atoms with Crippen LogP contribution in [0.25, 0.3) is 21.5 Å². The fraction of sp³-hybridized carbons (Fsp3) is 0.154. The molecular formula is C26H23BrN2O2. The summed E-state index contributed by atoms with van der Waals surface area (Å²) in [5, 5.41) is 8.64. The second-order valence-electron chi connectivity index (χ2n) is 7.66. The van der Waals surface area contributed by atoms with Gasteiger partial charge in [0.2, 0.25) is 0 Å². The number of amides is 1. The summed E-state index contributed by atoms with van der Waals surface area (Å²) in [6.45, 7) is 4.15. The maximum absolute atomic E-state index is 12.3. The van der Waals surface area contributed by atoms with E-state index in [0.717, 1.165) is 31.6 Å². The van der Waals surface area contributed by atoms with Gasteiger partial charge in [0, 0.05) is 5.56 Å². The molecule has 0 saturated carbocycles. The molecule has 0 unspecified atom stereocenters. The van der Waals surface area contributed by atoms with Gasteiger partial charge in [-0.05, 0) is 67.2 Å². The van der Waals surface area contributed by atoms with Crippen molar-refractivity contribution in [2.75, 3.05) is 6.61 Å². The minimum absolute atomic E-state index is 0.118. The third-order valence-corrected chi connectivity index (χ3v) is 5.80. The van der Waals surface area contributed by atoms with Crippen molar-refractivity contribution < 1.29 is 9.53 Å². The first kappa shape index (κ1) is 21.1. The number of benzene rings is 4. The number of carbonyl (C=O) groups is 1. The molecule has 0 fully saturated rings. The van der Waals surface area contributed by atoms with E-state index in [1.165, 1.54) is 5.56 Å². The van der Waals surface area contributed by atoms with Crippen LogP contribution in [0, 0.1) is 0 Å². The van der Waals surface area contributed by atoms with Gasteiger partial charge in [-0.3, -0.25) is 4.79 Å². The lowest BCUT2D eigenvalue weighted by atomic mass is 9.97. The van der Waals surface area contributed by atoms with Gasteiger partial charge >= 0.3 is 0 Å². The number of halogens is 1. The SMILES string of the molecule is CC(C)c1ccc(OCC(=O)NN=Cc2c3ccccc3cc3ccccc23)c(Br)c1. The van der Waals surface area contributed by atoms with Crippen molar-refractivity contribution in [3.63, 3.8) is 0 Å². The van der Waals surface area contributed by atoms with Gasteiger partial charge in [0.05, 0.1) is 10.7 Å². The molecule has 0 spiro atoms. The number of nitrogens with zero attached hydrogens (tertiary/aromatic N) is 1. The van der Waals surface area contributed by atoms with Crippen LogP contribution in [0.15, 0.2) is 82.4 Å². The average molecular weight is 475 g/mol. The van der Waals surface area contributed by atoms with Gasteiger partial charge in [0.1, 0.15) is 5.75 Å². The zero-order chi connectivity index (χ0) is 21.8. The van der Waals surface area contributed by atoms with E-state index in [1.54, 1.807) is 6.21 Å². The maximum atomic E-state index is 12.3. The van der Waals surface area contributed by atoms with Crippen LogP contribution in [0.3, 0.4) is 0 Å². The van der Waals surface area contributed by atoms with Crippen LogP contribution in [0.2, 0.25) is 0 Å². The summed E-state index contributed by atoms with van der Waals surface area (Å²) in [5.74, 6) is 0.734.